The highest BCUT2D eigenvalue weighted by atomic mass is 16.7. The van der Waals surface area contributed by atoms with E-state index in [4.69, 9.17) is 9.47 Å². The van der Waals surface area contributed by atoms with Gasteiger partial charge in [-0.2, -0.15) is 0 Å². The third-order valence-electron chi connectivity index (χ3n) is 5.18. The van der Waals surface area contributed by atoms with Crippen LogP contribution in [0.2, 0.25) is 0 Å². The molecular weight excluding hydrogens is 356 g/mol. The van der Waals surface area contributed by atoms with Gasteiger partial charge in [-0.3, -0.25) is 9.59 Å². The van der Waals surface area contributed by atoms with Crippen molar-refractivity contribution in [3.8, 4) is 11.5 Å². The van der Waals surface area contributed by atoms with Crippen molar-refractivity contribution in [3.63, 3.8) is 0 Å². The second kappa shape index (κ2) is 8.33. The van der Waals surface area contributed by atoms with Gasteiger partial charge in [0.25, 0.3) is 0 Å². The normalized spacial score (nSPS) is 16.1. The van der Waals surface area contributed by atoms with E-state index in [1.807, 2.05) is 53.4 Å². The third kappa shape index (κ3) is 4.11. The fourth-order valence-corrected chi connectivity index (χ4v) is 3.64. The van der Waals surface area contributed by atoms with E-state index in [1.54, 1.807) is 0 Å². The molecule has 6 heteroatoms. The van der Waals surface area contributed by atoms with E-state index in [-0.39, 0.29) is 18.6 Å². The topological polar surface area (TPSA) is 67.9 Å². The molecule has 1 fully saturated rings. The van der Waals surface area contributed by atoms with Crippen LogP contribution in [0.25, 0.3) is 0 Å². The summed E-state index contributed by atoms with van der Waals surface area (Å²) in [6.45, 7) is 1.75. The van der Waals surface area contributed by atoms with Gasteiger partial charge in [0, 0.05) is 19.5 Å². The molecule has 1 atom stereocenters. The van der Waals surface area contributed by atoms with Crippen LogP contribution in [0.5, 0.6) is 11.5 Å². The zero-order chi connectivity index (χ0) is 19.3. The van der Waals surface area contributed by atoms with Crippen LogP contribution in [-0.4, -0.2) is 36.6 Å². The van der Waals surface area contributed by atoms with Crippen molar-refractivity contribution in [2.24, 2.45) is 0 Å². The molecule has 1 N–H and O–H groups in total. The average molecular weight is 380 g/mol. The number of carbonyl (C=O) groups is 2. The Bertz CT molecular complexity index is 847. The molecule has 4 rings (SSSR count). The van der Waals surface area contributed by atoms with Crippen molar-refractivity contribution in [1.29, 1.82) is 0 Å². The summed E-state index contributed by atoms with van der Waals surface area (Å²) in [6, 6.07) is 14.5. The molecule has 0 bridgehead atoms. The molecule has 0 radical (unpaired) electrons. The third-order valence-corrected chi connectivity index (χ3v) is 5.18. The fourth-order valence-electron chi connectivity index (χ4n) is 3.64. The van der Waals surface area contributed by atoms with E-state index < -0.39 is 6.04 Å². The Labute approximate surface area is 164 Å². The van der Waals surface area contributed by atoms with E-state index in [1.165, 1.54) is 0 Å². The maximum atomic E-state index is 13.0. The summed E-state index contributed by atoms with van der Waals surface area (Å²) >= 11 is 0. The van der Waals surface area contributed by atoms with Gasteiger partial charge in [0.2, 0.25) is 18.6 Å². The van der Waals surface area contributed by atoms with E-state index >= 15 is 0 Å². The Morgan fingerprint density at radius 2 is 1.75 bits per heavy atom. The van der Waals surface area contributed by atoms with Crippen LogP contribution in [0.1, 0.15) is 36.4 Å². The highest BCUT2D eigenvalue weighted by Crippen LogP contribution is 2.32. The van der Waals surface area contributed by atoms with Gasteiger partial charge in [0.15, 0.2) is 11.5 Å². The Hall–Kier alpha value is -3.02. The van der Waals surface area contributed by atoms with Gasteiger partial charge in [-0.25, -0.2) is 0 Å². The van der Waals surface area contributed by atoms with E-state index in [0.29, 0.717) is 18.6 Å². The second-order valence-electron chi connectivity index (χ2n) is 7.13. The Balaban J connectivity index is 1.41. The summed E-state index contributed by atoms with van der Waals surface area (Å²) in [4.78, 5) is 27.4. The zero-order valence-corrected chi connectivity index (χ0v) is 15.7. The minimum Gasteiger partial charge on any atom is -0.454 e. The number of fused-ring (bicyclic) bond motifs is 1. The summed E-state index contributed by atoms with van der Waals surface area (Å²) < 4.78 is 10.7. The van der Waals surface area contributed by atoms with Crippen molar-refractivity contribution in [2.75, 3.05) is 19.9 Å². The SMILES string of the molecule is O=C(CCc1ccc2c(c1)OCO2)NC(C(=O)N1CCCC1)c1ccccc1. The highest BCUT2D eigenvalue weighted by molar-refractivity contribution is 5.89. The molecule has 2 aromatic rings. The number of amides is 2. The molecule has 2 aromatic carbocycles. The molecule has 2 heterocycles. The van der Waals surface area contributed by atoms with Gasteiger partial charge in [-0.1, -0.05) is 36.4 Å². The molecule has 0 saturated carbocycles. The van der Waals surface area contributed by atoms with Gasteiger partial charge in [0.1, 0.15) is 6.04 Å². The van der Waals surface area contributed by atoms with Crippen LogP contribution in [0.15, 0.2) is 48.5 Å². The van der Waals surface area contributed by atoms with Gasteiger partial charge < -0.3 is 19.7 Å². The van der Waals surface area contributed by atoms with Crippen molar-refractivity contribution < 1.29 is 19.1 Å². The number of carbonyl (C=O) groups excluding carboxylic acids is 2. The number of aryl methyl sites for hydroxylation is 1. The van der Waals surface area contributed by atoms with Crippen molar-refractivity contribution in [1.82, 2.24) is 10.2 Å². The number of rotatable bonds is 6. The molecule has 1 saturated heterocycles. The maximum absolute atomic E-state index is 13.0. The number of hydrogen-bond donors (Lipinski definition) is 1. The predicted molar refractivity (Wildman–Crippen MR) is 104 cm³/mol. The van der Waals surface area contributed by atoms with Crippen LogP contribution in [0.3, 0.4) is 0 Å². The smallest absolute Gasteiger partial charge is 0.249 e. The molecule has 2 amide bonds. The predicted octanol–water partition coefficient (Wildman–Crippen LogP) is 2.83. The summed E-state index contributed by atoms with van der Waals surface area (Å²) in [7, 11) is 0. The quantitative estimate of drug-likeness (QED) is 0.837. The van der Waals surface area contributed by atoms with Crippen LogP contribution in [-0.2, 0) is 16.0 Å². The Morgan fingerprint density at radius 1 is 1.00 bits per heavy atom. The van der Waals surface area contributed by atoms with Crippen LogP contribution in [0, 0.1) is 0 Å². The first-order chi connectivity index (χ1) is 13.7. The van der Waals surface area contributed by atoms with Gasteiger partial charge >= 0.3 is 0 Å². The van der Waals surface area contributed by atoms with Gasteiger partial charge in [-0.05, 0) is 42.5 Å². The summed E-state index contributed by atoms with van der Waals surface area (Å²) in [5.74, 6) is 1.28. The molecule has 146 valence electrons. The first kappa shape index (κ1) is 18.3. The number of nitrogens with one attached hydrogen (secondary N) is 1. The Morgan fingerprint density at radius 3 is 2.54 bits per heavy atom. The molecule has 1 unspecified atom stereocenters. The molecule has 2 aliphatic heterocycles. The maximum Gasteiger partial charge on any atom is 0.249 e. The number of benzene rings is 2. The van der Waals surface area contributed by atoms with Gasteiger partial charge in [-0.15, -0.1) is 0 Å². The molecule has 2 aliphatic rings. The number of likely N-dealkylation sites (tertiary alicyclic amines) is 1. The van der Waals surface area contributed by atoms with Gasteiger partial charge in [0.05, 0.1) is 0 Å². The van der Waals surface area contributed by atoms with Crippen LogP contribution >= 0.6 is 0 Å². The lowest BCUT2D eigenvalue weighted by Crippen LogP contribution is -2.41. The molecule has 0 aromatic heterocycles. The minimum atomic E-state index is -0.636. The fraction of sp³-hybridized carbons (Fsp3) is 0.364. The van der Waals surface area contributed by atoms with E-state index in [2.05, 4.69) is 5.32 Å². The lowest BCUT2D eigenvalue weighted by Gasteiger charge is -2.24. The van der Waals surface area contributed by atoms with Crippen molar-refractivity contribution in [3.05, 3.63) is 59.7 Å². The van der Waals surface area contributed by atoms with E-state index in [0.717, 1.165) is 42.8 Å². The lowest BCUT2D eigenvalue weighted by atomic mass is 10.0. The summed E-state index contributed by atoms with van der Waals surface area (Å²) in [6.07, 6.45) is 2.91. The second-order valence-corrected chi connectivity index (χ2v) is 7.13. The highest BCUT2D eigenvalue weighted by Gasteiger charge is 2.29. The molecule has 28 heavy (non-hydrogen) atoms. The minimum absolute atomic E-state index is 0.0277. The molecule has 0 spiro atoms. The number of ether oxygens (including phenoxy) is 2. The summed E-state index contributed by atoms with van der Waals surface area (Å²) in [5.41, 5.74) is 1.82. The molecule has 6 nitrogen and oxygen atoms in total. The van der Waals surface area contributed by atoms with Crippen molar-refractivity contribution in [2.45, 2.75) is 31.7 Å². The monoisotopic (exact) mass is 380 g/mol. The average Bonchev–Trinajstić information content (AvgIpc) is 3.42. The largest absolute Gasteiger partial charge is 0.454 e. The molecule has 0 aliphatic carbocycles. The van der Waals surface area contributed by atoms with E-state index in [9.17, 15) is 9.59 Å². The standard InChI is InChI=1S/C22H24N2O4/c25-20(11-9-16-8-10-18-19(14-16)28-15-27-18)23-21(17-6-2-1-3-7-17)22(26)24-12-4-5-13-24/h1-3,6-8,10,14,21H,4-5,9,11-13,15H2,(H,23,25). The van der Waals surface area contributed by atoms with Crippen LogP contribution in [0.4, 0.5) is 0 Å². The molecular formula is C22H24N2O4. The first-order valence-electron chi connectivity index (χ1n) is 9.72. The zero-order valence-electron chi connectivity index (χ0n) is 15.7. The Kier molecular flexibility index (Phi) is 5.46. The van der Waals surface area contributed by atoms with Crippen molar-refractivity contribution >= 4 is 11.8 Å². The number of nitrogens with zero attached hydrogens (tertiary/aromatic N) is 1. The summed E-state index contributed by atoms with van der Waals surface area (Å²) in [5, 5.41) is 2.95. The number of hydrogen-bond acceptors (Lipinski definition) is 4. The lowest BCUT2D eigenvalue weighted by molar-refractivity contribution is -0.135. The first-order valence-corrected chi connectivity index (χ1v) is 9.72. The van der Waals surface area contributed by atoms with Crippen LogP contribution < -0.4 is 14.8 Å².